The minimum absolute atomic E-state index is 0.0859. The Hall–Kier alpha value is -1.31. The average molecular weight is 262 g/mol. The number of carbonyl (C=O) groups is 1. The highest BCUT2D eigenvalue weighted by molar-refractivity contribution is 5.69. The van der Waals surface area contributed by atoms with E-state index in [0.717, 1.165) is 24.8 Å². The average Bonchev–Trinajstić information content (AvgIpc) is 2.36. The minimum Gasteiger partial charge on any atom is -0.457 e. The highest BCUT2D eigenvalue weighted by Crippen LogP contribution is 2.36. The normalized spacial score (nSPS) is 13.1. The van der Waals surface area contributed by atoms with Crippen LogP contribution in [0.25, 0.3) is 0 Å². The molecule has 0 bridgehead atoms. The Morgan fingerprint density at radius 3 is 2.32 bits per heavy atom. The third-order valence-electron chi connectivity index (χ3n) is 3.12. The van der Waals surface area contributed by atoms with Crippen molar-refractivity contribution < 1.29 is 9.53 Å². The third-order valence-corrected chi connectivity index (χ3v) is 3.12. The lowest BCUT2D eigenvalue weighted by molar-refractivity contribution is -0.155. The maximum Gasteiger partial charge on any atom is 0.306 e. The molecule has 2 nitrogen and oxygen atoms in total. The summed E-state index contributed by atoms with van der Waals surface area (Å²) in [4.78, 5) is 11.9. The van der Waals surface area contributed by atoms with Crippen LogP contribution in [0.4, 0.5) is 0 Å². The van der Waals surface area contributed by atoms with Gasteiger partial charge >= 0.3 is 5.97 Å². The summed E-state index contributed by atoms with van der Waals surface area (Å²) in [5.41, 5.74) is 0.973. The Kier molecular flexibility index (Phi) is 6.07. The van der Waals surface area contributed by atoms with Crippen molar-refractivity contribution >= 4 is 5.97 Å². The van der Waals surface area contributed by atoms with E-state index in [1.165, 1.54) is 0 Å². The molecule has 2 heteroatoms. The van der Waals surface area contributed by atoms with E-state index in [1.54, 1.807) is 0 Å². The van der Waals surface area contributed by atoms with Gasteiger partial charge in [0, 0.05) is 11.8 Å². The highest BCUT2D eigenvalue weighted by atomic mass is 16.5. The number of esters is 1. The molecule has 19 heavy (non-hydrogen) atoms. The zero-order valence-corrected chi connectivity index (χ0v) is 12.6. The molecule has 0 saturated heterocycles. The van der Waals surface area contributed by atoms with Gasteiger partial charge in [-0.15, -0.1) is 0 Å². The van der Waals surface area contributed by atoms with Gasteiger partial charge < -0.3 is 4.74 Å². The van der Waals surface area contributed by atoms with Gasteiger partial charge in [0.2, 0.25) is 0 Å². The number of carbonyl (C=O) groups excluding carboxylic acids is 1. The van der Waals surface area contributed by atoms with Crippen molar-refractivity contribution in [1.82, 2.24) is 0 Å². The summed E-state index contributed by atoms with van der Waals surface area (Å²) < 4.78 is 5.71. The van der Waals surface area contributed by atoms with E-state index in [0.29, 0.717) is 6.42 Å². The zero-order chi connectivity index (χ0) is 14.3. The fourth-order valence-electron chi connectivity index (χ4n) is 2.08. The molecule has 0 amide bonds. The smallest absolute Gasteiger partial charge is 0.306 e. The van der Waals surface area contributed by atoms with Gasteiger partial charge in [-0.2, -0.15) is 0 Å². The van der Waals surface area contributed by atoms with Crippen molar-refractivity contribution in [3.8, 4) is 0 Å². The van der Waals surface area contributed by atoms with Gasteiger partial charge in [-0.1, -0.05) is 70.9 Å². The Balaban J connectivity index is 2.69. The monoisotopic (exact) mass is 262 g/mol. The first-order chi connectivity index (χ1) is 8.95. The van der Waals surface area contributed by atoms with Crippen molar-refractivity contribution in [3.05, 3.63) is 35.9 Å². The first-order valence-electron chi connectivity index (χ1n) is 7.19. The van der Waals surface area contributed by atoms with E-state index in [9.17, 15) is 4.79 Å². The Labute approximate surface area is 117 Å². The Bertz CT molecular complexity index is 376. The lowest BCUT2D eigenvalue weighted by Gasteiger charge is -2.30. The Morgan fingerprint density at radius 1 is 1.16 bits per heavy atom. The molecule has 0 aliphatic rings. The summed E-state index contributed by atoms with van der Waals surface area (Å²) in [6, 6.07) is 9.99. The Morgan fingerprint density at radius 2 is 1.79 bits per heavy atom. The summed E-state index contributed by atoms with van der Waals surface area (Å²) in [7, 11) is 0. The number of benzene rings is 1. The first kappa shape index (κ1) is 15.7. The van der Waals surface area contributed by atoms with E-state index in [-0.39, 0.29) is 17.5 Å². The molecule has 1 atom stereocenters. The quantitative estimate of drug-likeness (QED) is 0.538. The molecule has 1 unspecified atom stereocenters. The number of hydrogen-bond donors (Lipinski definition) is 0. The van der Waals surface area contributed by atoms with E-state index >= 15 is 0 Å². The number of rotatable bonds is 6. The van der Waals surface area contributed by atoms with Crippen molar-refractivity contribution in [2.45, 2.75) is 59.5 Å². The number of unbranched alkanes of at least 4 members (excludes halogenated alkanes) is 2. The molecule has 0 aliphatic heterocycles. The van der Waals surface area contributed by atoms with Crippen molar-refractivity contribution in [2.75, 3.05) is 0 Å². The van der Waals surface area contributed by atoms with Crippen LogP contribution in [0, 0.1) is 5.41 Å². The predicted molar refractivity (Wildman–Crippen MR) is 78.9 cm³/mol. The van der Waals surface area contributed by atoms with Crippen LogP contribution in [0.2, 0.25) is 0 Å². The van der Waals surface area contributed by atoms with E-state index in [4.69, 9.17) is 4.74 Å². The van der Waals surface area contributed by atoms with Crippen LogP contribution < -0.4 is 0 Å². The summed E-state index contributed by atoms with van der Waals surface area (Å²) in [6.07, 6.45) is 3.46. The molecule has 1 aromatic rings. The van der Waals surface area contributed by atoms with Gasteiger partial charge in [-0.25, -0.2) is 0 Å². The zero-order valence-electron chi connectivity index (χ0n) is 12.6. The minimum atomic E-state index is -0.178. The SMILES string of the molecule is CCCCCC(=O)OC(c1ccccc1)C(C)(C)C. The first-order valence-corrected chi connectivity index (χ1v) is 7.19. The topological polar surface area (TPSA) is 26.3 Å². The second kappa shape index (κ2) is 7.32. The van der Waals surface area contributed by atoms with Crippen molar-refractivity contribution in [1.29, 1.82) is 0 Å². The molecule has 1 rings (SSSR count). The summed E-state index contributed by atoms with van der Waals surface area (Å²) >= 11 is 0. The molecule has 0 aromatic heterocycles. The molecule has 0 saturated carbocycles. The molecule has 0 N–H and O–H groups in total. The maximum atomic E-state index is 11.9. The maximum absolute atomic E-state index is 11.9. The second-order valence-corrected chi connectivity index (χ2v) is 6.10. The predicted octanol–water partition coefficient (Wildman–Crippen LogP) is 4.90. The van der Waals surface area contributed by atoms with E-state index in [2.05, 4.69) is 27.7 Å². The van der Waals surface area contributed by atoms with Gasteiger partial charge in [0.15, 0.2) is 0 Å². The third kappa shape index (κ3) is 5.46. The fourth-order valence-corrected chi connectivity index (χ4v) is 2.08. The molecule has 0 heterocycles. The van der Waals surface area contributed by atoms with Crippen molar-refractivity contribution in [2.24, 2.45) is 5.41 Å². The summed E-state index contributed by atoms with van der Waals surface area (Å²) in [5.74, 6) is -0.0859. The molecular formula is C17H26O2. The van der Waals surface area contributed by atoms with Gasteiger partial charge in [0.25, 0.3) is 0 Å². The van der Waals surface area contributed by atoms with Gasteiger partial charge in [-0.05, 0) is 12.0 Å². The van der Waals surface area contributed by atoms with E-state index in [1.807, 2.05) is 30.3 Å². The standard InChI is InChI=1S/C17H26O2/c1-5-6-8-13-15(18)19-16(17(2,3)4)14-11-9-7-10-12-14/h7,9-12,16H,5-6,8,13H2,1-4H3. The van der Waals surface area contributed by atoms with Crippen LogP contribution in [0.15, 0.2) is 30.3 Å². The molecular weight excluding hydrogens is 236 g/mol. The lowest BCUT2D eigenvalue weighted by Crippen LogP contribution is -2.24. The summed E-state index contributed by atoms with van der Waals surface area (Å²) in [6.45, 7) is 8.44. The van der Waals surface area contributed by atoms with E-state index < -0.39 is 0 Å². The molecule has 0 radical (unpaired) electrons. The molecule has 106 valence electrons. The number of hydrogen-bond acceptors (Lipinski definition) is 2. The molecule has 0 fully saturated rings. The second-order valence-electron chi connectivity index (χ2n) is 6.10. The number of ether oxygens (including phenoxy) is 1. The lowest BCUT2D eigenvalue weighted by atomic mass is 9.84. The molecule has 1 aromatic carbocycles. The highest BCUT2D eigenvalue weighted by Gasteiger charge is 2.29. The largest absolute Gasteiger partial charge is 0.457 e. The van der Waals surface area contributed by atoms with Crippen LogP contribution in [0.3, 0.4) is 0 Å². The fraction of sp³-hybridized carbons (Fsp3) is 0.588. The van der Waals surface area contributed by atoms with Crippen LogP contribution in [-0.4, -0.2) is 5.97 Å². The molecule has 0 aliphatic carbocycles. The van der Waals surface area contributed by atoms with Crippen LogP contribution in [-0.2, 0) is 9.53 Å². The molecule has 0 spiro atoms. The van der Waals surface area contributed by atoms with Crippen LogP contribution in [0.5, 0.6) is 0 Å². The van der Waals surface area contributed by atoms with Gasteiger partial charge in [0.1, 0.15) is 6.10 Å². The summed E-state index contributed by atoms with van der Waals surface area (Å²) in [5, 5.41) is 0. The van der Waals surface area contributed by atoms with Crippen molar-refractivity contribution in [3.63, 3.8) is 0 Å². The van der Waals surface area contributed by atoms with Crippen LogP contribution in [0.1, 0.15) is 65.0 Å². The van der Waals surface area contributed by atoms with Gasteiger partial charge in [-0.3, -0.25) is 4.79 Å². The van der Waals surface area contributed by atoms with Crippen LogP contribution >= 0.6 is 0 Å². The van der Waals surface area contributed by atoms with Gasteiger partial charge in [0.05, 0.1) is 0 Å².